The first kappa shape index (κ1) is 19.4. The van der Waals surface area contributed by atoms with E-state index in [1.165, 1.54) is 36.3 Å². The Bertz CT molecular complexity index is 729. The van der Waals surface area contributed by atoms with E-state index in [0.717, 1.165) is 0 Å². The number of amides is 1. The minimum atomic E-state index is -3.47. The molecule has 1 heterocycles. The van der Waals surface area contributed by atoms with Crippen molar-refractivity contribution < 1.29 is 32.6 Å². The summed E-state index contributed by atoms with van der Waals surface area (Å²) in [4.78, 5) is 25.2. The van der Waals surface area contributed by atoms with E-state index >= 15 is 0 Å². The minimum absolute atomic E-state index is 0.0492. The standard InChI is InChI=1S/C16H21NO7S/c1-11-9-17(10-14(24-11)16(19)20)15(18)12-3-5-13(6-4-12)25(21,22)8-7-23-2/h3-6,11,14H,7-10H2,1-2H3,(H,19,20)/t11-,14?/m1/s1. The number of carbonyl (C=O) groups excluding carboxylic acids is 1. The van der Waals surface area contributed by atoms with Crippen LogP contribution in [0.3, 0.4) is 0 Å². The molecule has 8 nitrogen and oxygen atoms in total. The van der Waals surface area contributed by atoms with Crippen molar-refractivity contribution in [2.75, 3.05) is 32.6 Å². The maximum absolute atomic E-state index is 12.6. The van der Waals surface area contributed by atoms with Crippen LogP contribution in [-0.4, -0.2) is 75.1 Å². The van der Waals surface area contributed by atoms with Crippen LogP contribution < -0.4 is 0 Å². The molecule has 1 fully saturated rings. The minimum Gasteiger partial charge on any atom is -0.479 e. The first-order valence-electron chi connectivity index (χ1n) is 7.74. The highest BCUT2D eigenvalue weighted by atomic mass is 32.2. The van der Waals surface area contributed by atoms with Gasteiger partial charge >= 0.3 is 5.97 Å². The Balaban J connectivity index is 2.13. The summed E-state index contributed by atoms with van der Waals surface area (Å²) < 4.78 is 34.2. The van der Waals surface area contributed by atoms with Gasteiger partial charge in [-0.15, -0.1) is 0 Å². The maximum atomic E-state index is 12.6. The summed E-state index contributed by atoms with van der Waals surface area (Å²) in [5.41, 5.74) is 0.295. The maximum Gasteiger partial charge on any atom is 0.334 e. The van der Waals surface area contributed by atoms with Crippen molar-refractivity contribution >= 4 is 21.7 Å². The summed E-state index contributed by atoms with van der Waals surface area (Å²) in [6.45, 7) is 2.01. The van der Waals surface area contributed by atoms with E-state index in [-0.39, 0.29) is 36.3 Å². The zero-order chi connectivity index (χ0) is 18.6. The van der Waals surface area contributed by atoms with Gasteiger partial charge in [0.05, 0.1) is 29.9 Å². The Labute approximate surface area is 146 Å². The normalized spacial score (nSPS) is 21.1. The van der Waals surface area contributed by atoms with E-state index in [4.69, 9.17) is 14.6 Å². The molecule has 0 spiro atoms. The van der Waals surface area contributed by atoms with E-state index < -0.39 is 28.0 Å². The summed E-state index contributed by atoms with van der Waals surface area (Å²) in [6, 6.07) is 5.60. The van der Waals surface area contributed by atoms with Crippen LogP contribution in [0.15, 0.2) is 29.2 Å². The average Bonchev–Trinajstić information content (AvgIpc) is 2.59. The van der Waals surface area contributed by atoms with E-state index in [2.05, 4.69) is 0 Å². The van der Waals surface area contributed by atoms with Crippen LogP contribution in [0.5, 0.6) is 0 Å². The zero-order valence-corrected chi connectivity index (χ0v) is 14.9. The summed E-state index contributed by atoms with van der Waals surface area (Å²) in [6.07, 6.45) is -1.46. The van der Waals surface area contributed by atoms with Gasteiger partial charge in [0.1, 0.15) is 0 Å². The monoisotopic (exact) mass is 371 g/mol. The highest BCUT2D eigenvalue weighted by Gasteiger charge is 2.33. The van der Waals surface area contributed by atoms with E-state index in [1.54, 1.807) is 6.92 Å². The second kappa shape index (κ2) is 7.94. The SMILES string of the molecule is COCCS(=O)(=O)c1ccc(C(=O)N2CC(C(=O)O)O[C@H](C)C2)cc1. The molecule has 0 bridgehead atoms. The lowest BCUT2D eigenvalue weighted by Gasteiger charge is -2.35. The van der Waals surface area contributed by atoms with Crippen molar-refractivity contribution in [2.45, 2.75) is 24.0 Å². The zero-order valence-electron chi connectivity index (χ0n) is 14.0. The summed E-state index contributed by atoms with van der Waals surface area (Å²) in [5.74, 6) is -1.62. The Kier molecular flexibility index (Phi) is 6.15. The van der Waals surface area contributed by atoms with Gasteiger partial charge in [-0.2, -0.15) is 0 Å². The number of hydrogen-bond donors (Lipinski definition) is 1. The largest absolute Gasteiger partial charge is 0.479 e. The van der Waals surface area contributed by atoms with Crippen molar-refractivity contribution in [1.82, 2.24) is 4.90 Å². The second-order valence-electron chi connectivity index (χ2n) is 5.82. The molecule has 25 heavy (non-hydrogen) atoms. The van der Waals surface area contributed by atoms with E-state index in [9.17, 15) is 18.0 Å². The number of carboxylic acids is 1. The number of benzene rings is 1. The smallest absolute Gasteiger partial charge is 0.334 e. The molecule has 1 aromatic carbocycles. The predicted octanol–water partition coefficient (Wildman–Crippen LogP) is 0.421. The molecule has 1 saturated heterocycles. The Morgan fingerprint density at radius 2 is 1.92 bits per heavy atom. The Morgan fingerprint density at radius 3 is 2.48 bits per heavy atom. The van der Waals surface area contributed by atoms with Crippen molar-refractivity contribution in [3.8, 4) is 0 Å². The number of carboxylic acid groups (broad SMARTS) is 1. The fourth-order valence-corrected chi connectivity index (χ4v) is 3.72. The van der Waals surface area contributed by atoms with E-state index in [0.29, 0.717) is 5.56 Å². The molecule has 0 aromatic heterocycles. The van der Waals surface area contributed by atoms with Gasteiger partial charge in [0.25, 0.3) is 5.91 Å². The van der Waals surface area contributed by atoms with Crippen molar-refractivity contribution in [3.63, 3.8) is 0 Å². The molecule has 1 amide bonds. The predicted molar refractivity (Wildman–Crippen MR) is 88.2 cm³/mol. The first-order valence-corrected chi connectivity index (χ1v) is 9.39. The van der Waals surface area contributed by atoms with Gasteiger partial charge in [0.15, 0.2) is 15.9 Å². The van der Waals surface area contributed by atoms with Gasteiger partial charge in [-0.1, -0.05) is 0 Å². The number of rotatable bonds is 6. The number of aliphatic carboxylic acids is 1. The van der Waals surface area contributed by atoms with Gasteiger partial charge in [0.2, 0.25) is 0 Å². The number of carbonyl (C=O) groups is 2. The van der Waals surface area contributed by atoms with Crippen LogP contribution in [0.1, 0.15) is 17.3 Å². The molecule has 0 radical (unpaired) electrons. The topological polar surface area (TPSA) is 110 Å². The summed E-state index contributed by atoms with van der Waals surface area (Å²) >= 11 is 0. The van der Waals surface area contributed by atoms with Gasteiger partial charge in [0, 0.05) is 19.2 Å². The summed E-state index contributed by atoms with van der Waals surface area (Å²) in [5, 5.41) is 9.08. The van der Waals surface area contributed by atoms with Gasteiger partial charge in [-0.25, -0.2) is 13.2 Å². The van der Waals surface area contributed by atoms with Crippen molar-refractivity contribution in [2.24, 2.45) is 0 Å². The third-order valence-electron chi connectivity index (χ3n) is 3.84. The fourth-order valence-electron chi connectivity index (χ4n) is 2.55. The van der Waals surface area contributed by atoms with Crippen LogP contribution in [0.25, 0.3) is 0 Å². The van der Waals surface area contributed by atoms with Crippen molar-refractivity contribution in [1.29, 1.82) is 0 Å². The highest BCUT2D eigenvalue weighted by molar-refractivity contribution is 7.91. The molecule has 1 aliphatic heterocycles. The number of hydrogen-bond acceptors (Lipinski definition) is 6. The van der Waals surface area contributed by atoms with Gasteiger partial charge in [-0.05, 0) is 31.2 Å². The lowest BCUT2D eigenvalue weighted by atomic mass is 10.1. The lowest BCUT2D eigenvalue weighted by Crippen LogP contribution is -2.51. The molecule has 1 aliphatic rings. The quantitative estimate of drug-likeness (QED) is 0.771. The third kappa shape index (κ3) is 4.77. The lowest BCUT2D eigenvalue weighted by molar-refractivity contribution is -0.160. The van der Waals surface area contributed by atoms with Crippen LogP contribution in [0.4, 0.5) is 0 Å². The van der Waals surface area contributed by atoms with Crippen LogP contribution >= 0.6 is 0 Å². The molecule has 2 atom stereocenters. The molecule has 1 N–H and O–H groups in total. The van der Waals surface area contributed by atoms with Crippen LogP contribution in [-0.2, 0) is 24.1 Å². The number of ether oxygens (including phenoxy) is 2. The van der Waals surface area contributed by atoms with E-state index in [1.807, 2.05) is 0 Å². The van der Waals surface area contributed by atoms with Crippen LogP contribution in [0.2, 0.25) is 0 Å². The van der Waals surface area contributed by atoms with Gasteiger partial charge in [-0.3, -0.25) is 4.79 Å². The Hall–Kier alpha value is -1.97. The van der Waals surface area contributed by atoms with Gasteiger partial charge < -0.3 is 19.5 Å². The third-order valence-corrected chi connectivity index (χ3v) is 5.53. The molecule has 0 aliphatic carbocycles. The molecule has 138 valence electrons. The molecule has 9 heteroatoms. The molecular weight excluding hydrogens is 350 g/mol. The first-order chi connectivity index (χ1) is 11.7. The molecule has 2 rings (SSSR count). The number of sulfone groups is 1. The van der Waals surface area contributed by atoms with Crippen molar-refractivity contribution in [3.05, 3.63) is 29.8 Å². The molecular formula is C16H21NO7S. The van der Waals surface area contributed by atoms with Crippen LogP contribution in [0, 0.1) is 0 Å². The molecule has 0 saturated carbocycles. The highest BCUT2D eigenvalue weighted by Crippen LogP contribution is 2.17. The summed E-state index contributed by atoms with van der Waals surface area (Å²) in [7, 11) is -2.04. The number of methoxy groups -OCH3 is 1. The molecule has 1 aromatic rings. The Morgan fingerprint density at radius 1 is 1.28 bits per heavy atom. The number of nitrogens with zero attached hydrogens (tertiary/aromatic N) is 1. The second-order valence-corrected chi connectivity index (χ2v) is 7.93. The average molecular weight is 371 g/mol. The fraction of sp³-hybridized carbons (Fsp3) is 0.500. The molecule has 1 unspecified atom stereocenters. The number of morpholine rings is 1.